The Morgan fingerprint density at radius 2 is 1.74 bits per heavy atom. The number of rotatable bonds is 3. The summed E-state index contributed by atoms with van der Waals surface area (Å²) in [5.74, 6) is -0.269. The number of para-hydroxylation sites is 1. The maximum Gasteiger partial charge on any atom is 0.280 e. The fraction of sp³-hybridized carbons (Fsp3) is 0. The molecule has 0 bridgehead atoms. The van der Waals surface area contributed by atoms with Crippen molar-refractivity contribution in [3.8, 4) is 5.75 Å². The first kappa shape index (κ1) is 14.4. The smallest absolute Gasteiger partial charge is 0.280 e. The van der Waals surface area contributed by atoms with Gasteiger partial charge in [0.05, 0.1) is 16.1 Å². The zero-order valence-electron chi connectivity index (χ0n) is 11.6. The minimum Gasteiger partial charge on any atom is -0.505 e. The van der Waals surface area contributed by atoms with Crippen LogP contribution in [0, 0.1) is 10.1 Å². The number of nitrogens with zero attached hydrogens (tertiary/aromatic N) is 3. The third-order valence-electron chi connectivity index (χ3n) is 3.20. The van der Waals surface area contributed by atoms with Gasteiger partial charge in [0, 0.05) is 17.5 Å². The lowest BCUT2D eigenvalue weighted by Crippen LogP contribution is -2.04. The number of aromatic amines is 1. The van der Waals surface area contributed by atoms with Crippen molar-refractivity contribution in [2.45, 2.75) is 0 Å². The number of non-ortho nitro benzene ring substituents is 1. The van der Waals surface area contributed by atoms with Crippen molar-refractivity contribution in [3.63, 3.8) is 0 Å². The van der Waals surface area contributed by atoms with Crippen LogP contribution in [0.4, 0.5) is 17.1 Å². The molecule has 2 N–H and O–H groups in total. The lowest BCUT2D eigenvalue weighted by molar-refractivity contribution is -0.384. The van der Waals surface area contributed by atoms with Crippen LogP contribution in [0.3, 0.4) is 0 Å². The fourth-order valence-corrected chi connectivity index (χ4v) is 2.06. The molecule has 3 rings (SSSR count). The van der Waals surface area contributed by atoms with Crippen molar-refractivity contribution in [3.05, 3.63) is 69.0 Å². The van der Waals surface area contributed by atoms with Crippen LogP contribution in [0.1, 0.15) is 0 Å². The summed E-state index contributed by atoms with van der Waals surface area (Å²) in [6, 6.07) is 12.1. The normalized spacial score (nSPS) is 11.1. The van der Waals surface area contributed by atoms with Gasteiger partial charge in [-0.3, -0.25) is 14.9 Å². The topological polar surface area (TPSA) is 121 Å². The van der Waals surface area contributed by atoms with Crippen LogP contribution in [0.5, 0.6) is 5.75 Å². The van der Waals surface area contributed by atoms with Crippen LogP contribution < -0.4 is 5.56 Å². The Morgan fingerprint density at radius 1 is 1.04 bits per heavy atom. The highest BCUT2D eigenvalue weighted by molar-refractivity contribution is 5.88. The number of benzene rings is 2. The van der Waals surface area contributed by atoms with Gasteiger partial charge < -0.3 is 10.1 Å². The first-order valence-corrected chi connectivity index (χ1v) is 6.56. The molecule has 0 radical (unpaired) electrons. The number of fused-ring (bicyclic) bond motifs is 1. The van der Waals surface area contributed by atoms with Crippen LogP contribution >= 0.6 is 0 Å². The summed E-state index contributed by atoms with van der Waals surface area (Å²) in [6.45, 7) is 0. The first-order valence-electron chi connectivity index (χ1n) is 6.56. The molecule has 0 saturated carbocycles. The molecule has 0 amide bonds. The van der Waals surface area contributed by atoms with Crippen molar-refractivity contribution >= 4 is 28.0 Å². The van der Waals surface area contributed by atoms with Gasteiger partial charge in [-0.15, -0.1) is 5.11 Å². The van der Waals surface area contributed by atoms with E-state index in [4.69, 9.17) is 0 Å². The first-order chi connectivity index (χ1) is 11.1. The summed E-state index contributed by atoms with van der Waals surface area (Å²) in [5, 5.41) is 28.8. The van der Waals surface area contributed by atoms with E-state index < -0.39 is 10.5 Å². The zero-order chi connectivity index (χ0) is 16.4. The fourth-order valence-electron chi connectivity index (χ4n) is 2.06. The van der Waals surface area contributed by atoms with E-state index in [-0.39, 0.29) is 17.1 Å². The predicted molar refractivity (Wildman–Crippen MR) is 83.5 cm³/mol. The molecule has 0 fully saturated rings. The van der Waals surface area contributed by atoms with Gasteiger partial charge in [-0.2, -0.15) is 5.11 Å². The number of hydrogen-bond acceptors (Lipinski definition) is 6. The van der Waals surface area contributed by atoms with E-state index in [1.807, 2.05) is 0 Å². The number of nitro benzene ring substituents is 1. The Morgan fingerprint density at radius 3 is 2.43 bits per heavy atom. The summed E-state index contributed by atoms with van der Waals surface area (Å²) in [5.41, 5.74) is -0.0592. The largest absolute Gasteiger partial charge is 0.505 e. The molecule has 0 spiro atoms. The van der Waals surface area contributed by atoms with Crippen molar-refractivity contribution < 1.29 is 10.0 Å². The Hall–Kier alpha value is -3.55. The summed E-state index contributed by atoms with van der Waals surface area (Å²) in [4.78, 5) is 24.6. The van der Waals surface area contributed by atoms with Gasteiger partial charge in [0.1, 0.15) is 0 Å². The monoisotopic (exact) mass is 310 g/mol. The van der Waals surface area contributed by atoms with Gasteiger partial charge in [0.15, 0.2) is 11.4 Å². The summed E-state index contributed by atoms with van der Waals surface area (Å²) < 4.78 is 0. The number of pyridine rings is 1. The van der Waals surface area contributed by atoms with Gasteiger partial charge >= 0.3 is 0 Å². The number of hydrogen-bond donors (Lipinski definition) is 2. The lowest BCUT2D eigenvalue weighted by atomic mass is 10.2. The van der Waals surface area contributed by atoms with Crippen molar-refractivity contribution in [2.24, 2.45) is 10.2 Å². The van der Waals surface area contributed by atoms with Crippen LogP contribution in [-0.2, 0) is 0 Å². The van der Waals surface area contributed by atoms with E-state index in [0.29, 0.717) is 16.6 Å². The molecule has 8 nitrogen and oxygen atoms in total. The van der Waals surface area contributed by atoms with Gasteiger partial charge in [-0.1, -0.05) is 12.1 Å². The second-order valence-electron chi connectivity index (χ2n) is 4.67. The van der Waals surface area contributed by atoms with Gasteiger partial charge in [-0.05, 0) is 24.3 Å². The molecule has 2 aromatic carbocycles. The van der Waals surface area contributed by atoms with Crippen LogP contribution in [0.2, 0.25) is 0 Å². The highest BCUT2D eigenvalue weighted by atomic mass is 16.6. The summed E-state index contributed by atoms with van der Waals surface area (Å²) in [7, 11) is 0. The Balaban J connectivity index is 2.00. The van der Waals surface area contributed by atoms with Gasteiger partial charge in [-0.25, -0.2) is 0 Å². The molecular formula is C15H10N4O4. The molecule has 23 heavy (non-hydrogen) atoms. The molecule has 114 valence electrons. The highest BCUT2D eigenvalue weighted by Gasteiger charge is 2.11. The molecule has 1 aromatic heterocycles. The Labute approximate surface area is 128 Å². The van der Waals surface area contributed by atoms with Gasteiger partial charge in [0.2, 0.25) is 0 Å². The third kappa shape index (κ3) is 2.77. The maximum atomic E-state index is 12.0. The van der Waals surface area contributed by atoms with Crippen LogP contribution in [0.25, 0.3) is 10.9 Å². The van der Waals surface area contributed by atoms with Gasteiger partial charge in [0.25, 0.3) is 11.2 Å². The molecule has 8 heteroatoms. The SMILES string of the molecule is O=c1[nH]c2ccccc2c(O)c1N=Nc1ccc([N+](=O)[O-])cc1. The number of aromatic hydroxyl groups is 1. The van der Waals surface area contributed by atoms with E-state index >= 15 is 0 Å². The second kappa shape index (κ2) is 5.68. The third-order valence-corrected chi connectivity index (χ3v) is 3.20. The van der Waals surface area contributed by atoms with Crippen molar-refractivity contribution in [1.29, 1.82) is 0 Å². The minimum atomic E-state index is -0.577. The molecule has 0 aliphatic rings. The average Bonchev–Trinajstić information content (AvgIpc) is 2.55. The quantitative estimate of drug-likeness (QED) is 0.436. The van der Waals surface area contributed by atoms with Crippen molar-refractivity contribution in [2.75, 3.05) is 0 Å². The lowest BCUT2D eigenvalue weighted by Gasteiger charge is -2.02. The average molecular weight is 310 g/mol. The van der Waals surface area contributed by atoms with E-state index in [0.717, 1.165) is 0 Å². The standard InChI is InChI=1S/C15H10N4O4/c20-14-11-3-1-2-4-12(11)16-15(21)13(14)18-17-9-5-7-10(8-6-9)19(22)23/h1-8H,(H2,16,20,21). The second-order valence-corrected chi connectivity index (χ2v) is 4.67. The molecule has 0 atom stereocenters. The molecule has 0 unspecified atom stereocenters. The number of nitro groups is 1. The molecular weight excluding hydrogens is 300 g/mol. The summed E-state index contributed by atoms with van der Waals surface area (Å²) >= 11 is 0. The molecule has 0 aliphatic heterocycles. The Kier molecular flexibility index (Phi) is 3.55. The number of H-pyrrole nitrogens is 1. The molecule has 3 aromatic rings. The number of azo groups is 1. The van der Waals surface area contributed by atoms with Crippen LogP contribution in [0.15, 0.2) is 63.6 Å². The molecule has 0 saturated heterocycles. The predicted octanol–water partition coefficient (Wildman–Crippen LogP) is 3.56. The van der Waals surface area contributed by atoms with E-state index in [1.54, 1.807) is 24.3 Å². The van der Waals surface area contributed by atoms with Crippen LogP contribution in [-0.4, -0.2) is 15.0 Å². The molecule has 1 heterocycles. The number of nitrogens with one attached hydrogen (secondary N) is 1. The maximum absolute atomic E-state index is 12.0. The van der Waals surface area contributed by atoms with E-state index in [2.05, 4.69) is 15.2 Å². The highest BCUT2D eigenvalue weighted by Crippen LogP contribution is 2.31. The van der Waals surface area contributed by atoms with Crippen molar-refractivity contribution in [1.82, 2.24) is 4.98 Å². The zero-order valence-corrected chi connectivity index (χ0v) is 11.6. The minimum absolute atomic E-state index is 0.0738. The van der Waals surface area contributed by atoms with E-state index in [1.165, 1.54) is 24.3 Å². The number of aromatic nitrogens is 1. The Bertz CT molecular complexity index is 977. The molecule has 0 aliphatic carbocycles. The van der Waals surface area contributed by atoms with E-state index in [9.17, 15) is 20.0 Å². The summed E-state index contributed by atoms with van der Waals surface area (Å²) in [6.07, 6.45) is 0.